The number of methoxy groups -OCH3 is 2. The molecule has 0 aromatic heterocycles. The number of carbonyl (C=O) groups is 1. The van der Waals surface area contributed by atoms with Crippen molar-refractivity contribution < 1.29 is 42.2 Å². The van der Waals surface area contributed by atoms with Crippen LogP contribution in [0.15, 0.2) is 36.4 Å². The number of fused-ring (bicyclic) bond motifs is 1. The normalized spacial score (nSPS) is 18.3. The molecule has 1 aliphatic heterocycles. The van der Waals surface area contributed by atoms with Gasteiger partial charge in [-0.3, -0.25) is 4.55 Å². The molecule has 3 rings (SSSR count). The van der Waals surface area contributed by atoms with Crippen molar-refractivity contribution in [1.82, 2.24) is 0 Å². The molecular formula is C21H22O9S. The van der Waals surface area contributed by atoms with Gasteiger partial charge in [0.2, 0.25) is 0 Å². The Morgan fingerprint density at radius 3 is 2.55 bits per heavy atom. The summed E-state index contributed by atoms with van der Waals surface area (Å²) in [5, 5.41) is 19.7. The van der Waals surface area contributed by atoms with Gasteiger partial charge in [-0.25, -0.2) is 4.79 Å². The summed E-state index contributed by atoms with van der Waals surface area (Å²) in [7, 11) is -1.58. The van der Waals surface area contributed by atoms with Crippen LogP contribution in [0.2, 0.25) is 0 Å². The lowest BCUT2D eigenvalue weighted by molar-refractivity contribution is -0.131. The van der Waals surface area contributed by atoms with Gasteiger partial charge in [0.25, 0.3) is 10.1 Å². The van der Waals surface area contributed by atoms with Gasteiger partial charge in [-0.05, 0) is 42.0 Å². The van der Waals surface area contributed by atoms with Gasteiger partial charge in [0.15, 0.2) is 11.5 Å². The Morgan fingerprint density at radius 2 is 1.94 bits per heavy atom. The third-order valence-corrected chi connectivity index (χ3v) is 5.86. The van der Waals surface area contributed by atoms with Crippen LogP contribution in [0, 0.1) is 0 Å². The lowest BCUT2D eigenvalue weighted by atomic mass is 9.80. The highest BCUT2D eigenvalue weighted by molar-refractivity contribution is 7.85. The van der Waals surface area contributed by atoms with Crippen molar-refractivity contribution in [2.45, 2.75) is 11.8 Å². The van der Waals surface area contributed by atoms with Crippen molar-refractivity contribution in [2.75, 3.05) is 26.6 Å². The smallest absolute Gasteiger partial charge is 0.328 e. The van der Waals surface area contributed by atoms with Crippen LogP contribution in [0.25, 0.3) is 6.08 Å². The highest BCUT2D eigenvalue weighted by Crippen LogP contribution is 2.48. The van der Waals surface area contributed by atoms with E-state index in [0.29, 0.717) is 28.2 Å². The second-order valence-corrected chi connectivity index (χ2v) is 8.51. The summed E-state index contributed by atoms with van der Waals surface area (Å²) in [5.41, 5.74) is 1.22. The minimum absolute atomic E-state index is 0.0162. The maximum absolute atomic E-state index is 11.8. The summed E-state index contributed by atoms with van der Waals surface area (Å²) in [6.07, 6.45) is 2.26. The summed E-state index contributed by atoms with van der Waals surface area (Å²) in [6, 6.07) is 7.93. The van der Waals surface area contributed by atoms with Crippen LogP contribution < -0.4 is 14.2 Å². The molecule has 0 aliphatic carbocycles. The Labute approximate surface area is 179 Å². The molecule has 0 unspecified atom stereocenters. The van der Waals surface area contributed by atoms with E-state index in [1.54, 1.807) is 18.2 Å². The highest BCUT2D eigenvalue weighted by atomic mass is 32.2. The van der Waals surface area contributed by atoms with Gasteiger partial charge in [0, 0.05) is 29.0 Å². The summed E-state index contributed by atoms with van der Waals surface area (Å²) < 4.78 is 49.5. The maximum atomic E-state index is 11.8. The van der Waals surface area contributed by atoms with Crippen LogP contribution in [0.5, 0.6) is 23.0 Å². The van der Waals surface area contributed by atoms with Crippen molar-refractivity contribution in [3.05, 3.63) is 53.1 Å². The average Bonchev–Trinajstić information content (AvgIpc) is 2.72. The van der Waals surface area contributed by atoms with E-state index in [1.165, 1.54) is 32.4 Å². The molecule has 2 aromatic carbocycles. The molecule has 166 valence electrons. The van der Waals surface area contributed by atoms with Gasteiger partial charge in [-0.1, -0.05) is 0 Å². The predicted molar refractivity (Wildman–Crippen MR) is 112 cm³/mol. The van der Waals surface area contributed by atoms with Crippen LogP contribution in [0.4, 0.5) is 0 Å². The number of phenols is 1. The summed E-state index contributed by atoms with van der Waals surface area (Å²) in [6.45, 7) is 0.0162. The van der Waals surface area contributed by atoms with Crippen molar-refractivity contribution in [3.8, 4) is 23.0 Å². The minimum atomic E-state index is -4.39. The van der Waals surface area contributed by atoms with Crippen molar-refractivity contribution >= 4 is 22.2 Å². The molecule has 10 heteroatoms. The quantitative estimate of drug-likeness (QED) is 0.429. The molecular weight excluding hydrogens is 428 g/mol. The molecule has 2 atom stereocenters. The van der Waals surface area contributed by atoms with E-state index < -0.39 is 33.7 Å². The monoisotopic (exact) mass is 450 g/mol. The number of hydrogen-bond acceptors (Lipinski definition) is 7. The zero-order valence-electron chi connectivity index (χ0n) is 16.8. The molecule has 0 amide bonds. The lowest BCUT2D eigenvalue weighted by Gasteiger charge is -2.34. The third kappa shape index (κ3) is 5.09. The molecule has 1 heterocycles. The first kappa shape index (κ1) is 22.4. The van der Waals surface area contributed by atoms with Crippen LogP contribution in [-0.4, -0.2) is 55.7 Å². The van der Waals surface area contributed by atoms with Gasteiger partial charge in [-0.15, -0.1) is 0 Å². The van der Waals surface area contributed by atoms with E-state index >= 15 is 0 Å². The van der Waals surface area contributed by atoms with Crippen molar-refractivity contribution in [2.24, 2.45) is 0 Å². The van der Waals surface area contributed by atoms with Crippen LogP contribution >= 0.6 is 0 Å². The Bertz CT molecular complexity index is 1120. The number of carboxylic acid groups (broad SMARTS) is 1. The fourth-order valence-corrected chi connectivity index (χ4v) is 4.55. The first-order valence-corrected chi connectivity index (χ1v) is 10.8. The first-order valence-electron chi connectivity index (χ1n) is 9.20. The van der Waals surface area contributed by atoms with Gasteiger partial charge in [0.1, 0.15) is 11.5 Å². The third-order valence-electron chi connectivity index (χ3n) is 5.08. The van der Waals surface area contributed by atoms with E-state index in [4.69, 9.17) is 19.3 Å². The lowest BCUT2D eigenvalue weighted by Crippen LogP contribution is -2.29. The molecule has 2 aromatic rings. The molecule has 0 fully saturated rings. The number of hydrogen-bond donors (Lipinski definition) is 3. The molecule has 31 heavy (non-hydrogen) atoms. The molecule has 0 bridgehead atoms. The summed E-state index contributed by atoms with van der Waals surface area (Å²) in [5.74, 6) is -2.45. The summed E-state index contributed by atoms with van der Waals surface area (Å²) in [4.78, 5) is 10.9. The number of rotatable bonds is 7. The molecule has 9 nitrogen and oxygen atoms in total. The van der Waals surface area contributed by atoms with E-state index in [1.807, 2.05) is 0 Å². The van der Waals surface area contributed by atoms with Gasteiger partial charge < -0.3 is 24.4 Å². The number of aliphatic carboxylic acids is 1. The molecule has 1 aliphatic rings. The highest BCUT2D eigenvalue weighted by Gasteiger charge is 2.37. The molecule has 0 saturated heterocycles. The van der Waals surface area contributed by atoms with Gasteiger partial charge in [0.05, 0.1) is 26.6 Å². The van der Waals surface area contributed by atoms with E-state index in [2.05, 4.69) is 0 Å². The number of benzene rings is 2. The fraction of sp³-hybridized carbons (Fsp3) is 0.286. The SMILES string of the molecule is COc1ccc2c(c1)[C@H](CS(=O)(=O)O)[C@@H](c1cc(C=CC(=O)O)cc(OC)c1O)CO2. The minimum Gasteiger partial charge on any atom is -0.504 e. The van der Waals surface area contributed by atoms with Gasteiger partial charge in [-0.2, -0.15) is 8.42 Å². The first-order chi connectivity index (χ1) is 14.6. The average molecular weight is 450 g/mol. The van der Waals surface area contributed by atoms with Gasteiger partial charge >= 0.3 is 5.97 Å². The number of carboxylic acids is 1. The van der Waals surface area contributed by atoms with E-state index in [-0.39, 0.29) is 18.1 Å². The zero-order valence-corrected chi connectivity index (χ0v) is 17.6. The van der Waals surface area contributed by atoms with Crippen molar-refractivity contribution in [3.63, 3.8) is 0 Å². The standard InChI is InChI=1S/C21H22O9S/c1-28-13-4-5-18-14(9-13)17(11-31(25,26)27)16(10-30-18)15-7-12(3-6-20(22)23)8-19(29-2)21(15)24/h3-9,16-17,24H,10-11H2,1-2H3,(H,22,23)(H,25,26,27)/t16-,17+/m1/s1. The van der Waals surface area contributed by atoms with Crippen molar-refractivity contribution in [1.29, 1.82) is 0 Å². The number of phenolic OH excluding ortho intramolecular Hbond substituents is 1. The summed E-state index contributed by atoms with van der Waals surface area (Å²) >= 11 is 0. The molecule has 0 spiro atoms. The number of ether oxygens (including phenoxy) is 3. The molecule has 3 N–H and O–H groups in total. The van der Waals surface area contributed by atoms with Crippen LogP contribution in [0.3, 0.4) is 0 Å². The second-order valence-electron chi connectivity index (χ2n) is 7.01. The predicted octanol–water partition coefficient (Wildman–Crippen LogP) is 2.65. The zero-order chi connectivity index (χ0) is 22.8. The van der Waals surface area contributed by atoms with E-state index in [9.17, 15) is 22.9 Å². The Hall–Kier alpha value is -3.24. The van der Waals surface area contributed by atoms with E-state index in [0.717, 1.165) is 6.08 Å². The van der Waals surface area contributed by atoms with Crippen LogP contribution in [-0.2, 0) is 14.9 Å². The fourth-order valence-electron chi connectivity index (χ4n) is 3.68. The Morgan fingerprint density at radius 1 is 1.19 bits per heavy atom. The largest absolute Gasteiger partial charge is 0.504 e. The maximum Gasteiger partial charge on any atom is 0.328 e. The second kappa shape index (κ2) is 8.86. The molecule has 0 radical (unpaired) electrons. The van der Waals surface area contributed by atoms with Crippen LogP contribution in [0.1, 0.15) is 28.5 Å². The number of aromatic hydroxyl groups is 1. The Balaban J connectivity index is 2.17. The topological polar surface area (TPSA) is 140 Å². The molecule has 0 saturated carbocycles. The Kier molecular flexibility index (Phi) is 6.42.